The molecule has 2 heterocycles. The van der Waals surface area contributed by atoms with Crippen molar-refractivity contribution in [3.63, 3.8) is 0 Å². The van der Waals surface area contributed by atoms with E-state index in [2.05, 4.69) is 23.5 Å². The van der Waals surface area contributed by atoms with Gasteiger partial charge in [-0.3, -0.25) is 4.79 Å². The van der Waals surface area contributed by atoms with Crippen molar-refractivity contribution >= 4 is 11.9 Å². The molecule has 1 saturated heterocycles. The van der Waals surface area contributed by atoms with E-state index < -0.39 is 5.97 Å². The summed E-state index contributed by atoms with van der Waals surface area (Å²) in [5.41, 5.74) is 0.0607. The van der Waals surface area contributed by atoms with Gasteiger partial charge in [0.1, 0.15) is 0 Å². The first-order valence-corrected chi connectivity index (χ1v) is 6.41. The molecule has 19 heavy (non-hydrogen) atoms. The quantitative estimate of drug-likeness (QED) is 0.883. The summed E-state index contributed by atoms with van der Waals surface area (Å²) in [5, 5.41) is 12.3. The lowest BCUT2D eigenvalue weighted by Gasteiger charge is -2.40. The van der Waals surface area contributed by atoms with E-state index >= 15 is 0 Å². The summed E-state index contributed by atoms with van der Waals surface area (Å²) in [6.07, 6.45) is 1.09. The molecule has 1 amide bonds. The van der Waals surface area contributed by atoms with Gasteiger partial charge < -0.3 is 14.5 Å². The van der Waals surface area contributed by atoms with E-state index in [0.717, 1.165) is 6.42 Å². The van der Waals surface area contributed by atoms with Gasteiger partial charge in [-0.25, -0.2) is 4.79 Å². The summed E-state index contributed by atoms with van der Waals surface area (Å²) in [6, 6.07) is 1.30. The number of carbonyl (C=O) groups is 2. The molecule has 3 atom stereocenters. The zero-order valence-electron chi connectivity index (χ0n) is 11.3. The van der Waals surface area contributed by atoms with Crippen LogP contribution in [0.1, 0.15) is 48.2 Å². The Bertz CT molecular complexity index is 497. The molecule has 6 heteroatoms. The molecule has 0 aromatic carbocycles. The second-order valence-corrected chi connectivity index (χ2v) is 5.40. The van der Waals surface area contributed by atoms with Crippen LogP contribution in [0.25, 0.3) is 0 Å². The van der Waals surface area contributed by atoms with Crippen molar-refractivity contribution in [2.24, 2.45) is 11.8 Å². The Labute approximate surface area is 111 Å². The number of piperidine rings is 1. The van der Waals surface area contributed by atoms with Crippen LogP contribution in [-0.4, -0.2) is 39.6 Å². The normalized spacial score (nSPS) is 27.3. The van der Waals surface area contributed by atoms with E-state index in [0.29, 0.717) is 18.4 Å². The van der Waals surface area contributed by atoms with Crippen LogP contribution in [-0.2, 0) is 0 Å². The molecule has 2 rings (SSSR count). The summed E-state index contributed by atoms with van der Waals surface area (Å²) in [5.74, 6) is -0.948. The topological polar surface area (TPSA) is 83.6 Å². The number of likely N-dealkylation sites (tertiary alicyclic amines) is 1. The molecule has 1 N–H and O–H groups in total. The number of hydrogen-bond acceptors (Lipinski definition) is 4. The monoisotopic (exact) mass is 266 g/mol. The van der Waals surface area contributed by atoms with Crippen molar-refractivity contribution in [1.29, 1.82) is 0 Å². The number of carboxylic acid groups (broad SMARTS) is 1. The van der Waals surface area contributed by atoms with Crippen LogP contribution in [0.3, 0.4) is 0 Å². The van der Waals surface area contributed by atoms with Crippen LogP contribution in [0.4, 0.5) is 0 Å². The Morgan fingerprint density at radius 3 is 2.68 bits per heavy atom. The molecule has 0 saturated carbocycles. The highest BCUT2D eigenvalue weighted by molar-refractivity contribution is 5.95. The second-order valence-electron chi connectivity index (χ2n) is 5.40. The summed E-state index contributed by atoms with van der Waals surface area (Å²) < 4.78 is 4.63. The Kier molecular flexibility index (Phi) is 3.59. The molecule has 0 spiro atoms. The number of rotatable bonds is 2. The lowest BCUT2D eigenvalue weighted by atomic mass is 9.86. The molecule has 1 aliphatic rings. The Morgan fingerprint density at radius 2 is 2.11 bits per heavy atom. The van der Waals surface area contributed by atoms with Crippen molar-refractivity contribution in [1.82, 2.24) is 10.1 Å². The van der Waals surface area contributed by atoms with E-state index in [1.807, 2.05) is 6.92 Å². The molecule has 1 aromatic heterocycles. The maximum atomic E-state index is 12.3. The molecule has 1 aromatic rings. The van der Waals surface area contributed by atoms with Gasteiger partial charge in [-0.15, -0.1) is 0 Å². The van der Waals surface area contributed by atoms with Gasteiger partial charge in [0.2, 0.25) is 5.76 Å². The Balaban J connectivity index is 2.19. The minimum Gasteiger partial charge on any atom is -0.475 e. The Hall–Kier alpha value is -1.85. The largest absolute Gasteiger partial charge is 0.475 e. The number of carboxylic acids is 1. The van der Waals surface area contributed by atoms with Crippen LogP contribution >= 0.6 is 0 Å². The predicted octanol–water partition coefficient (Wildman–Crippen LogP) is 1.88. The molecule has 0 bridgehead atoms. The summed E-state index contributed by atoms with van der Waals surface area (Å²) in [4.78, 5) is 24.8. The van der Waals surface area contributed by atoms with Gasteiger partial charge in [-0.2, -0.15) is 0 Å². The predicted molar refractivity (Wildman–Crippen MR) is 66.9 cm³/mol. The van der Waals surface area contributed by atoms with Gasteiger partial charge in [0.25, 0.3) is 5.91 Å². The SMILES string of the molecule is CC1CC(C)C(C)N(C(=O)c2cc(C(=O)O)on2)C1. The summed E-state index contributed by atoms with van der Waals surface area (Å²) >= 11 is 0. The second kappa shape index (κ2) is 5.03. The van der Waals surface area contributed by atoms with Crippen molar-refractivity contribution in [2.45, 2.75) is 33.2 Å². The number of aromatic carboxylic acids is 1. The smallest absolute Gasteiger partial charge is 0.374 e. The minimum atomic E-state index is -1.22. The van der Waals surface area contributed by atoms with Crippen LogP contribution in [0.5, 0.6) is 0 Å². The van der Waals surface area contributed by atoms with Crippen molar-refractivity contribution in [3.05, 3.63) is 17.5 Å². The van der Waals surface area contributed by atoms with Crippen molar-refractivity contribution < 1.29 is 19.2 Å². The van der Waals surface area contributed by atoms with Crippen LogP contribution in [0.2, 0.25) is 0 Å². The number of nitrogens with zero attached hydrogens (tertiary/aromatic N) is 2. The molecular weight excluding hydrogens is 248 g/mol. The zero-order valence-corrected chi connectivity index (χ0v) is 11.3. The van der Waals surface area contributed by atoms with Crippen LogP contribution in [0, 0.1) is 11.8 Å². The van der Waals surface area contributed by atoms with Crippen LogP contribution in [0.15, 0.2) is 10.6 Å². The van der Waals surface area contributed by atoms with E-state index in [4.69, 9.17) is 5.11 Å². The first kappa shape index (κ1) is 13.6. The summed E-state index contributed by atoms with van der Waals surface area (Å²) in [7, 11) is 0. The molecule has 1 aliphatic heterocycles. The van der Waals surface area contributed by atoms with E-state index in [1.54, 1.807) is 4.90 Å². The van der Waals surface area contributed by atoms with Gasteiger partial charge in [0.05, 0.1) is 0 Å². The molecule has 3 unspecified atom stereocenters. The number of carbonyl (C=O) groups excluding carboxylic acids is 1. The van der Waals surface area contributed by atoms with Gasteiger partial charge in [0.15, 0.2) is 5.69 Å². The van der Waals surface area contributed by atoms with Gasteiger partial charge >= 0.3 is 5.97 Å². The maximum absolute atomic E-state index is 12.3. The van der Waals surface area contributed by atoms with E-state index in [1.165, 1.54) is 6.07 Å². The van der Waals surface area contributed by atoms with Crippen LogP contribution < -0.4 is 0 Å². The fraction of sp³-hybridized carbons (Fsp3) is 0.615. The highest BCUT2D eigenvalue weighted by Crippen LogP contribution is 2.28. The minimum absolute atomic E-state index is 0.0607. The third-order valence-corrected chi connectivity index (χ3v) is 3.80. The lowest BCUT2D eigenvalue weighted by Crippen LogP contribution is -2.48. The van der Waals surface area contributed by atoms with Gasteiger partial charge in [-0.1, -0.05) is 19.0 Å². The number of amides is 1. The maximum Gasteiger partial charge on any atom is 0.374 e. The average Bonchev–Trinajstić information content (AvgIpc) is 2.82. The fourth-order valence-corrected chi connectivity index (χ4v) is 2.61. The molecule has 1 fully saturated rings. The van der Waals surface area contributed by atoms with E-state index in [9.17, 15) is 9.59 Å². The molecule has 104 valence electrons. The number of hydrogen-bond donors (Lipinski definition) is 1. The average molecular weight is 266 g/mol. The molecular formula is C13H18N2O4. The van der Waals surface area contributed by atoms with Gasteiger partial charge in [-0.05, 0) is 25.2 Å². The summed E-state index contributed by atoms with van der Waals surface area (Å²) in [6.45, 7) is 6.90. The Morgan fingerprint density at radius 1 is 1.42 bits per heavy atom. The molecule has 6 nitrogen and oxygen atoms in total. The first-order chi connectivity index (χ1) is 8.90. The van der Waals surface area contributed by atoms with Crippen molar-refractivity contribution in [3.8, 4) is 0 Å². The molecule has 0 radical (unpaired) electrons. The highest BCUT2D eigenvalue weighted by atomic mass is 16.5. The first-order valence-electron chi connectivity index (χ1n) is 6.41. The third kappa shape index (κ3) is 2.62. The standard InChI is InChI=1S/C13H18N2O4/c1-7-4-8(2)9(3)15(6-7)12(16)10-5-11(13(17)18)19-14-10/h5,7-9H,4,6H2,1-3H3,(H,17,18). The van der Waals surface area contributed by atoms with E-state index in [-0.39, 0.29) is 23.4 Å². The number of aromatic nitrogens is 1. The van der Waals surface area contributed by atoms with Crippen molar-refractivity contribution in [2.75, 3.05) is 6.54 Å². The van der Waals surface area contributed by atoms with Gasteiger partial charge in [0, 0.05) is 18.7 Å². The third-order valence-electron chi connectivity index (χ3n) is 3.80. The lowest BCUT2D eigenvalue weighted by molar-refractivity contribution is 0.0444. The molecule has 0 aliphatic carbocycles. The fourth-order valence-electron chi connectivity index (χ4n) is 2.61. The zero-order chi connectivity index (χ0) is 14.2. The highest BCUT2D eigenvalue weighted by Gasteiger charge is 2.33.